The zero-order valence-electron chi connectivity index (χ0n) is 10.3. The minimum atomic E-state index is -3.22. The van der Waals surface area contributed by atoms with Crippen LogP contribution in [0.4, 0.5) is 0 Å². The Balaban J connectivity index is -0.000000120. The molecule has 17 heavy (non-hydrogen) atoms. The van der Waals surface area contributed by atoms with E-state index in [0.717, 1.165) is 0 Å². The molecule has 0 saturated carbocycles. The topological polar surface area (TPSA) is 143 Å². The minimum absolute atomic E-state index is 0. The average molecular weight is 328 g/mol. The molecule has 0 saturated heterocycles. The molecule has 0 rings (SSSR count). The van der Waals surface area contributed by atoms with E-state index < -0.39 is 36.4 Å². The molecule has 0 spiro atoms. The maximum Gasteiger partial charge on any atom is 1.00 e. The Hall–Kier alpha value is 4.28. The van der Waals surface area contributed by atoms with E-state index in [4.69, 9.17) is 0 Å². The van der Waals surface area contributed by atoms with E-state index in [2.05, 4.69) is 0 Å². The van der Waals surface area contributed by atoms with Crippen LogP contribution in [0.2, 0.25) is 0 Å². The first-order valence-electron chi connectivity index (χ1n) is 3.09. The number of carboxylic acid groups (broad SMARTS) is 3. The summed E-state index contributed by atoms with van der Waals surface area (Å²) in [5.74, 6) is -6.22. The monoisotopic (exact) mass is 328 g/mol. The van der Waals surface area contributed by atoms with Gasteiger partial charge in [0.15, 0.2) is 0 Å². The second-order valence-corrected chi connectivity index (χ2v) is 2.38. The number of aliphatic carboxylic acids is 3. The van der Waals surface area contributed by atoms with Gasteiger partial charge in [-0.05, 0) is 12.8 Å². The van der Waals surface area contributed by atoms with Crippen LogP contribution in [0, 0.1) is 0 Å². The Labute approximate surface area is 247 Å². The van der Waals surface area contributed by atoms with Crippen molar-refractivity contribution in [3.63, 3.8) is 0 Å². The van der Waals surface area contributed by atoms with Crippen molar-refractivity contribution in [3.8, 4) is 0 Å². The van der Waals surface area contributed by atoms with Crippen LogP contribution in [0.25, 0.3) is 0 Å². The summed E-state index contributed by atoms with van der Waals surface area (Å²) in [6.45, 7) is 0. The maximum atomic E-state index is 10.9. The fourth-order valence-corrected chi connectivity index (χ4v) is 0.673. The van der Waals surface area contributed by atoms with Crippen LogP contribution in [-0.4, -0.2) is 23.5 Å². The Morgan fingerprint density at radius 1 is 0.824 bits per heavy atom. The first-order chi connectivity index (χ1) is 5.78. The normalized spacial score (nSPS) is 8.29. The molecule has 0 atom stereocenters. The Morgan fingerprint density at radius 2 is 1.06 bits per heavy atom. The molecule has 0 aromatic rings. The average Bonchev–Trinajstić information content (AvgIpc) is 1.82. The number of hydrogen-bond acceptors (Lipinski definition) is 7. The second kappa shape index (κ2) is 16.6. The fourth-order valence-electron chi connectivity index (χ4n) is 0.673. The van der Waals surface area contributed by atoms with Crippen molar-refractivity contribution < 1.29 is 219 Å². The van der Waals surface area contributed by atoms with E-state index >= 15 is 0 Å². The second-order valence-electron chi connectivity index (χ2n) is 2.38. The number of carbonyl (C=O) groups excluding carboxylic acids is 3. The minimum Gasteiger partial charge on any atom is -0.845 e. The van der Waals surface area contributed by atoms with Gasteiger partial charge in [0.05, 0.1) is 0 Å². The molecule has 0 bridgehead atoms. The van der Waals surface area contributed by atoms with Gasteiger partial charge in [-0.3, -0.25) is 0 Å². The van der Waals surface area contributed by atoms with Gasteiger partial charge in [0.25, 0.3) is 0 Å². The van der Waals surface area contributed by atoms with Crippen LogP contribution in [-0.2, 0) is 14.4 Å². The van der Waals surface area contributed by atoms with Crippen LogP contribution in [0.5, 0.6) is 0 Å². The molecule has 7 nitrogen and oxygen atoms in total. The zero-order chi connectivity index (χ0) is 10.6. The maximum absolute atomic E-state index is 10.9. The Bertz CT molecular complexity index is 244. The van der Waals surface area contributed by atoms with Crippen molar-refractivity contribution in [1.82, 2.24) is 0 Å². The molecule has 0 fully saturated rings. The first-order valence-corrected chi connectivity index (χ1v) is 3.09. The molecule has 74 valence electrons. The largest absolute Gasteiger partial charge is 1.00 e. The molecule has 0 unspecified atom stereocenters. The smallest absolute Gasteiger partial charge is 0.845 e. The van der Waals surface area contributed by atoms with Crippen molar-refractivity contribution in [2.45, 2.75) is 18.4 Å². The number of carboxylic acids is 3. The molecule has 0 aliphatic carbocycles. The third-order valence-corrected chi connectivity index (χ3v) is 1.23. The van der Waals surface area contributed by atoms with Gasteiger partial charge in [-0.15, -0.1) is 0 Å². The van der Waals surface area contributed by atoms with Gasteiger partial charge in [-0.2, -0.15) is 0 Å². The van der Waals surface area contributed by atoms with E-state index in [1.807, 2.05) is 0 Å². The first kappa shape index (κ1) is 33.0. The Morgan fingerprint density at radius 3 is 1.18 bits per heavy atom. The van der Waals surface area contributed by atoms with E-state index in [9.17, 15) is 34.8 Å². The van der Waals surface area contributed by atoms with Crippen LogP contribution in [0.1, 0.15) is 12.8 Å². The van der Waals surface area contributed by atoms with Gasteiger partial charge in [0.2, 0.25) is 0 Å². The van der Waals surface area contributed by atoms with Gasteiger partial charge in [0.1, 0.15) is 0 Å². The van der Waals surface area contributed by atoms with Crippen LogP contribution in [0.15, 0.2) is 0 Å². The predicted molar refractivity (Wildman–Crippen MR) is 27.0 cm³/mol. The third kappa shape index (κ3) is 16.5. The molecule has 0 aromatic heterocycles. The van der Waals surface area contributed by atoms with Gasteiger partial charge < -0.3 is 34.8 Å². The summed E-state index contributed by atoms with van der Waals surface area (Å²) >= 11 is 0. The summed E-state index contributed by atoms with van der Waals surface area (Å²) in [5.41, 5.74) is -3.22. The molecular formula is C6H4K3NaO7. The number of hydrogen-bond donors (Lipinski definition) is 0. The molecule has 0 N–H and O–H groups in total. The van der Waals surface area contributed by atoms with Crippen molar-refractivity contribution in [2.75, 3.05) is 0 Å². The molecule has 0 aliphatic rings. The Kier molecular flexibility index (Phi) is 32.3. The zero-order valence-corrected chi connectivity index (χ0v) is 21.6. The third-order valence-electron chi connectivity index (χ3n) is 1.23. The van der Waals surface area contributed by atoms with Crippen molar-refractivity contribution in [1.29, 1.82) is 0 Å². The summed E-state index contributed by atoms with van der Waals surface area (Å²) in [7, 11) is 0. The number of rotatable bonds is 5. The van der Waals surface area contributed by atoms with E-state index in [1.54, 1.807) is 0 Å². The molecule has 0 aromatic carbocycles. The molecule has 0 heterocycles. The summed E-state index contributed by atoms with van der Waals surface area (Å²) in [6.07, 6.45) is -2.94. The van der Waals surface area contributed by atoms with Gasteiger partial charge >= 0.3 is 184 Å². The van der Waals surface area contributed by atoms with E-state index in [0.29, 0.717) is 0 Å². The SMILES string of the molecule is O=C([O-])CC([O-])(CC(=O)[O-])C(=O)[O-].[K+].[K+].[K+].[Na+]. The van der Waals surface area contributed by atoms with Crippen LogP contribution >= 0.6 is 0 Å². The van der Waals surface area contributed by atoms with Crippen molar-refractivity contribution in [3.05, 3.63) is 0 Å². The molecular weight excluding hydrogens is 324 g/mol. The van der Waals surface area contributed by atoms with Crippen molar-refractivity contribution >= 4 is 17.9 Å². The van der Waals surface area contributed by atoms with Gasteiger partial charge in [-0.1, -0.05) is 5.60 Å². The fraction of sp³-hybridized carbons (Fsp3) is 0.500. The van der Waals surface area contributed by atoms with E-state index in [-0.39, 0.29) is 184 Å². The number of carbonyl (C=O) groups is 3. The van der Waals surface area contributed by atoms with Crippen LogP contribution < -0.4 is 204 Å². The summed E-state index contributed by atoms with van der Waals surface area (Å²) in [5, 5.41) is 40.8. The summed E-state index contributed by atoms with van der Waals surface area (Å²) in [4.78, 5) is 29.9. The van der Waals surface area contributed by atoms with E-state index in [1.165, 1.54) is 0 Å². The molecule has 0 amide bonds. The summed E-state index contributed by atoms with van der Waals surface area (Å²) in [6, 6.07) is 0. The van der Waals surface area contributed by atoms with Gasteiger partial charge in [0, 0.05) is 17.9 Å². The standard InChI is InChI=1S/C6H7O7.3K.Na/c7-3(8)1-6(13,5(11)12)2-4(9)10;;;;/h1-2H2,(H,7,8)(H,9,10)(H,11,12);;;;/q-1;4*+1/p-3. The predicted octanol–water partition coefficient (Wildman–Crippen LogP) is -17.9. The van der Waals surface area contributed by atoms with Crippen LogP contribution in [0.3, 0.4) is 0 Å². The van der Waals surface area contributed by atoms with Gasteiger partial charge in [-0.25, -0.2) is 0 Å². The molecule has 0 aliphatic heterocycles. The molecule has 0 radical (unpaired) electrons. The van der Waals surface area contributed by atoms with Crippen molar-refractivity contribution in [2.24, 2.45) is 0 Å². The quantitative estimate of drug-likeness (QED) is 0.456. The summed E-state index contributed by atoms with van der Waals surface area (Å²) < 4.78 is 0. The molecule has 11 heteroatoms.